The number of nitrogens with one attached hydrogen (secondary N) is 2. The lowest BCUT2D eigenvalue weighted by molar-refractivity contribution is 0.416. The third-order valence-electron chi connectivity index (χ3n) is 2.27. The van der Waals surface area contributed by atoms with Gasteiger partial charge in [-0.2, -0.15) is 4.98 Å². The van der Waals surface area contributed by atoms with E-state index in [0.717, 1.165) is 10.2 Å². The number of anilines is 3. The van der Waals surface area contributed by atoms with Crippen LogP contribution >= 0.6 is 15.9 Å². The molecule has 2 rings (SSSR count). The molecule has 0 aliphatic heterocycles. The molecule has 6 heteroatoms. The second-order valence-electron chi connectivity index (χ2n) is 3.39. The van der Waals surface area contributed by atoms with Crippen molar-refractivity contribution in [2.75, 3.05) is 24.8 Å². The second-order valence-corrected chi connectivity index (χ2v) is 4.25. The summed E-state index contributed by atoms with van der Waals surface area (Å²) in [5.74, 6) is 1.90. The van der Waals surface area contributed by atoms with Gasteiger partial charge in [-0.25, -0.2) is 4.98 Å². The summed E-state index contributed by atoms with van der Waals surface area (Å²) < 4.78 is 6.03. The van der Waals surface area contributed by atoms with E-state index in [-0.39, 0.29) is 0 Å². The van der Waals surface area contributed by atoms with Crippen LogP contribution < -0.4 is 15.4 Å². The van der Waals surface area contributed by atoms with Crippen molar-refractivity contribution < 1.29 is 4.74 Å². The zero-order valence-electron chi connectivity index (χ0n) is 9.99. The molecule has 0 aliphatic rings. The quantitative estimate of drug-likeness (QED) is 0.909. The number of nitrogens with zero attached hydrogens (tertiary/aromatic N) is 2. The predicted octanol–water partition coefficient (Wildman–Crippen LogP) is 2.83. The smallest absolute Gasteiger partial charge is 0.229 e. The predicted molar refractivity (Wildman–Crippen MR) is 74.4 cm³/mol. The maximum Gasteiger partial charge on any atom is 0.229 e. The number of aromatic nitrogens is 2. The van der Waals surface area contributed by atoms with Crippen LogP contribution in [0.15, 0.2) is 28.9 Å². The van der Waals surface area contributed by atoms with Gasteiger partial charge in [-0.3, -0.25) is 0 Å². The Labute approximate surface area is 114 Å². The fourth-order valence-electron chi connectivity index (χ4n) is 1.41. The molecule has 2 aromatic rings. The van der Waals surface area contributed by atoms with Crippen molar-refractivity contribution >= 4 is 33.4 Å². The summed E-state index contributed by atoms with van der Waals surface area (Å²) in [4.78, 5) is 8.50. The number of ether oxygens (including phenoxy) is 1. The summed E-state index contributed by atoms with van der Waals surface area (Å²) in [6, 6.07) is 8.34. The van der Waals surface area contributed by atoms with Crippen LogP contribution in [0.4, 0.5) is 17.5 Å². The molecule has 93 valence electrons. The molecule has 0 saturated carbocycles. The maximum absolute atomic E-state index is 5.22. The van der Waals surface area contributed by atoms with E-state index >= 15 is 0 Å². The van der Waals surface area contributed by atoms with Crippen LogP contribution in [0.1, 0.15) is 0 Å². The van der Waals surface area contributed by atoms with E-state index < -0.39 is 0 Å². The Balaban J connectivity index is 2.28. The average Bonchev–Trinajstić information content (AvgIpc) is 2.41. The van der Waals surface area contributed by atoms with Gasteiger partial charge >= 0.3 is 0 Å². The molecule has 1 aromatic heterocycles. The Bertz CT molecular complexity index is 547. The van der Waals surface area contributed by atoms with Crippen molar-refractivity contribution in [3.8, 4) is 5.75 Å². The molecule has 0 atom stereocenters. The molecule has 0 saturated heterocycles. The Hall–Kier alpha value is -1.82. The summed E-state index contributed by atoms with van der Waals surface area (Å²) in [6.45, 7) is 0. The van der Waals surface area contributed by atoms with Gasteiger partial charge in [0, 0.05) is 13.2 Å². The van der Waals surface area contributed by atoms with Gasteiger partial charge in [0.1, 0.15) is 11.6 Å². The van der Waals surface area contributed by atoms with Crippen LogP contribution in [0.25, 0.3) is 0 Å². The number of hydrogen-bond acceptors (Lipinski definition) is 5. The van der Waals surface area contributed by atoms with Crippen molar-refractivity contribution in [1.29, 1.82) is 0 Å². The highest BCUT2D eigenvalue weighted by Gasteiger charge is 2.06. The topological polar surface area (TPSA) is 59.1 Å². The first-order valence-electron chi connectivity index (χ1n) is 5.26. The Morgan fingerprint density at radius 1 is 1.44 bits per heavy atom. The second kappa shape index (κ2) is 5.68. The van der Waals surface area contributed by atoms with Crippen LogP contribution in [-0.2, 0) is 0 Å². The minimum atomic E-state index is 0.493. The monoisotopic (exact) mass is 307 g/mol. The van der Waals surface area contributed by atoms with Crippen LogP contribution in [0.3, 0.4) is 0 Å². The first kappa shape index (κ1) is 12.6. The third kappa shape index (κ3) is 2.70. The molecule has 1 heterocycles. The molecule has 1 aromatic carbocycles. The summed E-state index contributed by atoms with van der Waals surface area (Å²) in [6.07, 6.45) is 1.68. The van der Waals surface area contributed by atoms with Crippen molar-refractivity contribution in [3.63, 3.8) is 0 Å². The van der Waals surface area contributed by atoms with Crippen LogP contribution in [-0.4, -0.2) is 24.1 Å². The summed E-state index contributed by atoms with van der Waals surface area (Å²) in [5, 5.41) is 6.07. The highest BCUT2D eigenvalue weighted by molar-refractivity contribution is 9.10. The van der Waals surface area contributed by atoms with Gasteiger partial charge < -0.3 is 15.4 Å². The number of halogens is 1. The molecule has 18 heavy (non-hydrogen) atoms. The summed E-state index contributed by atoms with van der Waals surface area (Å²) in [5.41, 5.74) is 0.792. The van der Waals surface area contributed by atoms with Gasteiger partial charge in [-0.05, 0) is 34.1 Å². The number of methoxy groups -OCH3 is 1. The Morgan fingerprint density at radius 3 is 3.00 bits per heavy atom. The molecular weight excluding hydrogens is 296 g/mol. The number of hydrogen-bond donors (Lipinski definition) is 2. The zero-order chi connectivity index (χ0) is 13.0. The molecule has 1 radical (unpaired) electrons. The Morgan fingerprint density at radius 2 is 2.28 bits per heavy atom. The summed E-state index contributed by atoms with van der Waals surface area (Å²) >= 11 is 3.36. The fourth-order valence-corrected chi connectivity index (χ4v) is 1.80. The van der Waals surface area contributed by atoms with E-state index in [1.165, 1.54) is 0 Å². The molecular formula is C12H12BrN4O. The van der Waals surface area contributed by atoms with Gasteiger partial charge in [0.15, 0.2) is 0 Å². The van der Waals surface area contributed by atoms with E-state index in [0.29, 0.717) is 17.5 Å². The molecule has 0 spiro atoms. The van der Waals surface area contributed by atoms with Crippen LogP contribution in [0.2, 0.25) is 0 Å². The molecule has 0 aliphatic carbocycles. The minimum absolute atomic E-state index is 0.493. The normalized spacial score (nSPS) is 9.94. The molecule has 0 unspecified atom stereocenters. The van der Waals surface area contributed by atoms with Gasteiger partial charge in [-0.1, -0.05) is 6.07 Å². The van der Waals surface area contributed by atoms with E-state index in [4.69, 9.17) is 4.74 Å². The van der Waals surface area contributed by atoms with E-state index in [1.54, 1.807) is 32.5 Å². The maximum atomic E-state index is 5.22. The third-order valence-corrected chi connectivity index (χ3v) is 2.85. The van der Waals surface area contributed by atoms with Crippen LogP contribution in [0.5, 0.6) is 5.75 Å². The lowest BCUT2D eigenvalue weighted by Gasteiger charge is -2.10. The molecule has 2 N–H and O–H groups in total. The van der Waals surface area contributed by atoms with Gasteiger partial charge in [0.25, 0.3) is 0 Å². The van der Waals surface area contributed by atoms with Crippen molar-refractivity contribution in [2.24, 2.45) is 0 Å². The number of rotatable bonds is 4. The largest absolute Gasteiger partial charge is 0.495 e. The van der Waals surface area contributed by atoms with Crippen molar-refractivity contribution in [3.05, 3.63) is 34.9 Å². The van der Waals surface area contributed by atoms with Gasteiger partial charge in [0.2, 0.25) is 5.95 Å². The van der Waals surface area contributed by atoms with Crippen LogP contribution in [0, 0.1) is 6.07 Å². The first-order chi connectivity index (χ1) is 8.74. The van der Waals surface area contributed by atoms with Crippen molar-refractivity contribution in [1.82, 2.24) is 9.97 Å². The lowest BCUT2D eigenvalue weighted by atomic mass is 10.3. The summed E-state index contributed by atoms with van der Waals surface area (Å²) in [7, 11) is 3.41. The van der Waals surface area contributed by atoms with E-state index in [2.05, 4.69) is 42.6 Å². The highest BCUT2D eigenvalue weighted by atomic mass is 79.9. The standard InChI is InChI=1S/C12H12BrN4O/c1-14-11-8(13)7-15-12(17-11)16-9-5-3-4-6-10(9)18-2/h3,5-7H,1-2H3,(H2,14,15,16,17). The molecule has 0 amide bonds. The zero-order valence-corrected chi connectivity index (χ0v) is 11.6. The van der Waals surface area contributed by atoms with Gasteiger partial charge in [0.05, 0.1) is 17.3 Å². The van der Waals surface area contributed by atoms with E-state index in [9.17, 15) is 0 Å². The Kier molecular flexibility index (Phi) is 3.99. The number of benzene rings is 1. The SMILES string of the molecule is CNc1nc(Nc2cc[c]cc2OC)ncc1Br. The van der Waals surface area contributed by atoms with E-state index in [1.807, 2.05) is 6.07 Å². The fraction of sp³-hybridized carbons (Fsp3) is 0.167. The highest BCUT2D eigenvalue weighted by Crippen LogP contribution is 2.26. The van der Waals surface area contributed by atoms with Crippen molar-refractivity contribution in [2.45, 2.75) is 0 Å². The molecule has 0 fully saturated rings. The molecule has 0 bridgehead atoms. The first-order valence-corrected chi connectivity index (χ1v) is 6.05. The van der Waals surface area contributed by atoms with Gasteiger partial charge in [-0.15, -0.1) is 0 Å². The molecule has 5 nitrogen and oxygen atoms in total. The minimum Gasteiger partial charge on any atom is -0.495 e. The lowest BCUT2D eigenvalue weighted by Crippen LogP contribution is -2.02. The average molecular weight is 308 g/mol.